The van der Waals surface area contributed by atoms with E-state index in [0.717, 1.165) is 23.9 Å². The molecule has 158 valence electrons. The summed E-state index contributed by atoms with van der Waals surface area (Å²) in [7, 11) is 0. The molecule has 0 aliphatic carbocycles. The molecule has 1 amide bonds. The molecule has 0 saturated carbocycles. The van der Waals surface area contributed by atoms with Gasteiger partial charge in [-0.2, -0.15) is 0 Å². The first-order chi connectivity index (χ1) is 14.8. The van der Waals surface area contributed by atoms with Crippen molar-refractivity contribution >= 4 is 44.9 Å². The van der Waals surface area contributed by atoms with Crippen LogP contribution in [0.1, 0.15) is 6.92 Å². The van der Waals surface area contributed by atoms with Crippen molar-refractivity contribution in [1.82, 2.24) is 9.97 Å². The van der Waals surface area contributed by atoms with Crippen LogP contribution in [-0.4, -0.2) is 21.1 Å². The summed E-state index contributed by atoms with van der Waals surface area (Å²) in [6, 6.07) is 8.87. The highest BCUT2D eigenvalue weighted by atomic mass is 32.2. The van der Waals surface area contributed by atoms with Crippen LogP contribution in [-0.2, 0) is 4.79 Å². The summed E-state index contributed by atoms with van der Waals surface area (Å²) < 4.78 is 39.5. The quantitative estimate of drug-likeness (QED) is 0.317. The molecule has 0 fully saturated rings. The zero-order valence-electron chi connectivity index (χ0n) is 15.9. The smallest absolute Gasteiger partial charge is 0.260 e. The van der Waals surface area contributed by atoms with Crippen LogP contribution in [0.3, 0.4) is 0 Å². The summed E-state index contributed by atoms with van der Waals surface area (Å²) in [5, 5.41) is 4.23. The van der Waals surface area contributed by atoms with Crippen LogP contribution in [0, 0.1) is 17.5 Å². The predicted molar refractivity (Wildman–Crippen MR) is 116 cm³/mol. The molecule has 0 spiro atoms. The molecule has 2 heterocycles. The van der Waals surface area contributed by atoms with Gasteiger partial charge in [-0.05, 0) is 36.8 Å². The van der Waals surface area contributed by atoms with Crippen LogP contribution in [0.25, 0.3) is 21.3 Å². The van der Waals surface area contributed by atoms with Crippen molar-refractivity contribution in [2.45, 2.75) is 17.3 Å². The molecule has 2 N–H and O–H groups in total. The van der Waals surface area contributed by atoms with Gasteiger partial charge in [-0.1, -0.05) is 23.9 Å². The fraction of sp³-hybridized carbons (Fsp3) is 0.0952. The van der Waals surface area contributed by atoms with Crippen LogP contribution in [0.15, 0.2) is 57.8 Å². The molecule has 0 aliphatic rings. The van der Waals surface area contributed by atoms with E-state index in [1.165, 1.54) is 29.5 Å². The largest absolute Gasteiger partial charge is 0.325 e. The summed E-state index contributed by atoms with van der Waals surface area (Å²) >= 11 is 2.29. The lowest BCUT2D eigenvalue weighted by Gasteiger charge is -2.11. The van der Waals surface area contributed by atoms with Crippen LogP contribution in [0.4, 0.5) is 18.9 Å². The number of fused-ring (bicyclic) bond motifs is 1. The summed E-state index contributed by atoms with van der Waals surface area (Å²) in [5.41, 5.74) is 1.09. The van der Waals surface area contributed by atoms with Crippen molar-refractivity contribution in [2.75, 3.05) is 5.32 Å². The van der Waals surface area contributed by atoms with Gasteiger partial charge in [0.15, 0.2) is 16.8 Å². The van der Waals surface area contributed by atoms with Gasteiger partial charge in [0, 0.05) is 22.7 Å². The van der Waals surface area contributed by atoms with E-state index >= 15 is 0 Å². The second-order valence-corrected chi connectivity index (χ2v) is 8.77. The monoisotopic (exact) mass is 461 g/mol. The summed E-state index contributed by atoms with van der Waals surface area (Å²) in [4.78, 5) is 32.6. The maximum absolute atomic E-state index is 13.3. The standard InChI is InChI=1S/C21H14F3N3O2S2/c1-10(18(28)25-13-6-7-15(23)16(24)8-13)31-21-26-19(29)17-14(9-30-20(17)27-21)11-2-4-12(22)5-3-11/h2-10H,1H3,(H,25,28)(H,26,27,29). The Hall–Kier alpha value is -3.11. The minimum Gasteiger partial charge on any atom is -0.325 e. The average Bonchev–Trinajstić information content (AvgIpc) is 3.16. The first kappa shape index (κ1) is 21.1. The maximum atomic E-state index is 13.3. The topological polar surface area (TPSA) is 74.8 Å². The number of benzene rings is 2. The molecule has 1 unspecified atom stereocenters. The zero-order valence-corrected chi connectivity index (χ0v) is 17.5. The van der Waals surface area contributed by atoms with E-state index in [0.29, 0.717) is 21.3 Å². The van der Waals surface area contributed by atoms with E-state index in [1.54, 1.807) is 24.4 Å². The number of H-pyrrole nitrogens is 1. The Labute approximate surface area is 182 Å². The van der Waals surface area contributed by atoms with Gasteiger partial charge in [-0.15, -0.1) is 11.3 Å². The third-order valence-corrected chi connectivity index (χ3v) is 6.28. The number of aromatic nitrogens is 2. The highest BCUT2D eigenvalue weighted by Gasteiger charge is 2.19. The van der Waals surface area contributed by atoms with Crippen molar-refractivity contribution in [1.29, 1.82) is 0 Å². The van der Waals surface area contributed by atoms with Gasteiger partial charge in [0.05, 0.1) is 10.6 Å². The Morgan fingerprint density at radius 3 is 2.58 bits per heavy atom. The number of hydrogen-bond acceptors (Lipinski definition) is 5. The van der Waals surface area contributed by atoms with Crippen molar-refractivity contribution in [2.24, 2.45) is 0 Å². The Balaban J connectivity index is 1.54. The molecule has 10 heteroatoms. The van der Waals surface area contributed by atoms with Gasteiger partial charge in [-0.3, -0.25) is 9.59 Å². The molecule has 0 saturated heterocycles. The average molecular weight is 461 g/mol. The Morgan fingerprint density at radius 2 is 1.87 bits per heavy atom. The number of nitrogens with one attached hydrogen (secondary N) is 2. The van der Waals surface area contributed by atoms with E-state index < -0.39 is 22.8 Å². The first-order valence-electron chi connectivity index (χ1n) is 9.02. The number of carbonyl (C=O) groups excluding carboxylic acids is 1. The molecule has 0 radical (unpaired) electrons. The van der Waals surface area contributed by atoms with Gasteiger partial charge in [-0.25, -0.2) is 18.2 Å². The van der Waals surface area contributed by atoms with Crippen molar-refractivity contribution < 1.29 is 18.0 Å². The number of carbonyl (C=O) groups is 1. The molecule has 0 aliphatic heterocycles. The number of anilines is 1. The Kier molecular flexibility index (Phi) is 5.84. The minimum absolute atomic E-state index is 0.121. The number of aromatic amines is 1. The third-order valence-electron chi connectivity index (χ3n) is 4.42. The number of rotatable bonds is 5. The molecule has 5 nitrogen and oxygen atoms in total. The molecule has 31 heavy (non-hydrogen) atoms. The number of nitrogens with zero attached hydrogens (tertiary/aromatic N) is 1. The second kappa shape index (κ2) is 8.56. The van der Waals surface area contributed by atoms with E-state index in [9.17, 15) is 22.8 Å². The molecule has 0 bridgehead atoms. The lowest BCUT2D eigenvalue weighted by Crippen LogP contribution is -2.23. The van der Waals surface area contributed by atoms with Crippen molar-refractivity contribution in [3.05, 3.63) is 75.7 Å². The lowest BCUT2D eigenvalue weighted by molar-refractivity contribution is -0.115. The van der Waals surface area contributed by atoms with E-state index in [2.05, 4.69) is 15.3 Å². The highest BCUT2D eigenvalue weighted by Crippen LogP contribution is 2.32. The van der Waals surface area contributed by atoms with Gasteiger partial charge in [0.25, 0.3) is 5.56 Å². The summed E-state index contributed by atoms with van der Waals surface area (Å²) in [6.45, 7) is 1.60. The number of thiophene rings is 1. The predicted octanol–water partition coefficient (Wildman–Crippen LogP) is 5.19. The van der Waals surface area contributed by atoms with Crippen molar-refractivity contribution in [3.8, 4) is 11.1 Å². The molecular formula is C21H14F3N3O2S2. The fourth-order valence-electron chi connectivity index (χ4n) is 2.87. The number of hydrogen-bond donors (Lipinski definition) is 2. The molecule has 2 aromatic carbocycles. The number of thioether (sulfide) groups is 1. The highest BCUT2D eigenvalue weighted by molar-refractivity contribution is 8.00. The zero-order chi connectivity index (χ0) is 22.1. The third kappa shape index (κ3) is 4.49. The van der Waals surface area contributed by atoms with Gasteiger partial charge < -0.3 is 10.3 Å². The second-order valence-electron chi connectivity index (χ2n) is 6.59. The van der Waals surface area contributed by atoms with E-state index in [1.807, 2.05) is 0 Å². The lowest BCUT2D eigenvalue weighted by atomic mass is 10.1. The SMILES string of the molecule is CC(Sc1nc2scc(-c3ccc(F)cc3)c2c(=O)[nH]1)C(=O)Nc1ccc(F)c(F)c1. The van der Waals surface area contributed by atoms with Gasteiger partial charge in [0.1, 0.15) is 10.6 Å². The summed E-state index contributed by atoms with van der Waals surface area (Å²) in [5.74, 6) is -2.91. The fourth-order valence-corrected chi connectivity index (χ4v) is 4.67. The normalized spacial score (nSPS) is 12.1. The number of amides is 1. The van der Waals surface area contributed by atoms with Gasteiger partial charge >= 0.3 is 0 Å². The van der Waals surface area contributed by atoms with Crippen LogP contribution < -0.4 is 10.9 Å². The Morgan fingerprint density at radius 1 is 1.13 bits per heavy atom. The summed E-state index contributed by atoms with van der Waals surface area (Å²) in [6.07, 6.45) is 0. The molecule has 4 aromatic rings. The van der Waals surface area contributed by atoms with Crippen LogP contribution >= 0.6 is 23.1 Å². The first-order valence-corrected chi connectivity index (χ1v) is 10.8. The molecular weight excluding hydrogens is 447 g/mol. The maximum Gasteiger partial charge on any atom is 0.260 e. The van der Waals surface area contributed by atoms with E-state index in [-0.39, 0.29) is 22.2 Å². The minimum atomic E-state index is -1.07. The molecule has 4 rings (SSSR count). The Bertz CT molecular complexity index is 1340. The number of halogens is 3. The van der Waals surface area contributed by atoms with Gasteiger partial charge in [0.2, 0.25) is 5.91 Å². The van der Waals surface area contributed by atoms with Crippen molar-refractivity contribution in [3.63, 3.8) is 0 Å². The van der Waals surface area contributed by atoms with Crippen LogP contribution in [0.5, 0.6) is 0 Å². The van der Waals surface area contributed by atoms with E-state index in [4.69, 9.17) is 0 Å². The molecule has 2 aromatic heterocycles. The van der Waals surface area contributed by atoms with Crippen LogP contribution in [0.2, 0.25) is 0 Å². The molecule has 1 atom stereocenters.